The van der Waals surface area contributed by atoms with E-state index in [2.05, 4.69) is 9.46 Å². The summed E-state index contributed by atoms with van der Waals surface area (Å²) in [6, 6.07) is 3.49. The number of anilines is 1. The second-order valence-electron chi connectivity index (χ2n) is 5.07. The molecule has 0 bridgehead atoms. The molecule has 0 radical (unpaired) electrons. The summed E-state index contributed by atoms with van der Waals surface area (Å²) in [5, 5.41) is 10.2. The molecule has 1 heterocycles. The monoisotopic (exact) mass is 386 g/mol. The number of carbonyl (C=O) groups is 2. The van der Waals surface area contributed by atoms with Gasteiger partial charge in [-0.2, -0.15) is 0 Å². The fourth-order valence-corrected chi connectivity index (χ4v) is 3.09. The summed E-state index contributed by atoms with van der Waals surface area (Å²) in [4.78, 5) is 25.2. The zero-order valence-electron chi connectivity index (χ0n) is 14.3. The average molecular weight is 386 g/mol. The van der Waals surface area contributed by atoms with Crippen LogP contribution in [0.3, 0.4) is 0 Å². The lowest BCUT2D eigenvalue weighted by molar-refractivity contribution is -0.140. The van der Waals surface area contributed by atoms with Gasteiger partial charge >= 0.3 is 11.9 Å². The number of sulfonamides is 1. The first-order valence-electron chi connectivity index (χ1n) is 7.28. The molecule has 0 atom stereocenters. The van der Waals surface area contributed by atoms with Crippen LogP contribution in [-0.2, 0) is 33.8 Å². The number of rotatable bonds is 5. The van der Waals surface area contributed by atoms with Crippen LogP contribution in [0.1, 0.15) is 0 Å². The van der Waals surface area contributed by atoms with Crippen molar-refractivity contribution in [3.63, 3.8) is 0 Å². The summed E-state index contributed by atoms with van der Waals surface area (Å²) >= 11 is 0. The molecule has 0 unspecified atom stereocenters. The number of hydrogen-bond donors (Lipinski definition) is 2. The van der Waals surface area contributed by atoms with Gasteiger partial charge in [-0.15, -0.1) is 0 Å². The van der Waals surface area contributed by atoms with E-state index < -0.39 is 22.0 Å². The molecule has 142 valence electrons. The van der Waals surface area contributed by atoms with Crippen LogP contribution in [0.2, 0.25) is 0 Å². The standard InChI is InChI=1S/C15H18N2O8S/c1-16-26(21,22)9-4-5-12(18)11(6-9)17-8-25-7-10(14(19)23-2)13(17)15(20)24-3/h4-6,16,18H,7-8H2,1-3H3. The lowest BCUT2D eigenvalue weighted by Gasteiger charge is -2.31. The fourth-order valence-electron chi connectivity index (χ4n) is 2.34. The van der Waals surface area contributed by atoms with E-state index in [1.807, 2.05) is 0 Å². The van der Waals surface area contributed by atoms with Crippen LogP contribution in [-0.4, -0.2) is 60.1 Å². The van der Waals surface area contributed by atoms with Gasteiger partial charge in [0.15, 0.2) is 0 Å². The Morgan fingerprint density at radius 1 is 1.23 bits per heavy atom. The molecule has 0 saturated heterocycles. The summed E-state index contributed by atoms with van der Waals surface area (Å²) in [6.45, 7) is -0.426. The van der Waals surface area contributed by atoms with Crippen molar-refractivity contribution in [3.8, 4) is 5.75 Å². The molecule has 0 aliphatic carbocycles. The van der Waals surface area contributed by atoms with Crippen LogP contribution < -0.4 is 9.62 Å². The Balaban J connectivity index is 2.67. The quantitative estimate of drug-likeness (QED) is 0.654. The minimum Gasteiger partial charge on any atom is -0.506 e. The Labute approximate surface area is 150 Å². The number of esters is 2. The Morgan fingerprint density at radius 3 is 2.46 bits per heavy atom. The first kappa shape index (κ1) is 19.7. The summed E-state index contributed by atoms with van der Waals surface area (Å²) in [6.07, 6.45) is 0. The van der Waals surface area contributed by atoms with Gasteiger partial charge in [-0.05, 0) is 25.2 Å². The van der Waals surface area contributed by atoms with Gasteiger partial charge in [0.05, 0.1) is 37.0 Å². The molecule has 0 fully saturated rings. The van der Waals surface area contributed by atoms with Gasteiger partial charge in [0.2, 0.25) is 10.0 Å². The van der Waals surface area contributed by atoms with E-state index in [1.54, 1.807) is 0 Å². The van der Waals surface area contributed by atoms with Crippen molar-refractivity contribution >= 4 is 27.6 Å². The predicted molar refractivity (Wildman–Crippen MR) is 88.7 cm³/mol. The molecule has 1 aliphatic rings. The summed E-state index contributed by atoms with van der Waals surface area (Å²) in [7, 11) is -0.305. The number of hydrogen-bond acceptors (Lipinski definition) is 9. The van der Waals surface area contributed by atoms with Crippen LogP contribution >= 0.6 is 0 Å². The predicted octanol–water partition coefficient (Wildman–Crippen LogP) is -0.306. The minimum absolute atomic E-state index is 0.0529. The maximum Gasteiger partial charge on any atom is 0.355 e. The molecule has 0 amide bonds. The molecule has 0 saturated carbocycles. The number of ether oxygens (including phenoxy) is 3. The van der Waals surface area contributed by atoms with Crippen LogP contribution in [0.5, 0.6) is 5.75 Å². The molecule has 26 heavy (non-hydrogen) atoms. The highest BCUT2D eigenvalue weighted by Gasteiger charge is 2.34. The maximum absolute atomic E-state index is 12.2. The number of methoxy groups -OCH3 is 2. The van der Waals surface area contributed by atoms with Gasteiger partial charge in [0.25, 0.3) is 0 Å². The highest BCUT2D eigenvalue weighted by molar-refractivity contribution is 7.89. The number of nitrogens with zero attached hydrogens (tertiary/aromatic N) is 1. The van der Waals surface area contributed by atoms with Crippen LogP contribution in [0.15, 0.2) is 34.4 Å². The third kappa shape index (κ3) is 3.64. The van der Waals surface area contributed by atoms with E-state index in [1.165, 1.54) is 13.1 Å². The van der Waals surface area contributed by atoms with E-state index in [0.717, 1.165) is 31.3 Å². The third-order valence-electron chi connectivity index (χ3n) is 3.65. The highest BCUT2D eigenvalue weighted by atomic mass is 32.2. The number of aromatic hydroxyl groups is 1. The topological polar surface area (TPSA) is 131 Å². The van der Waals surface area contributed by atoms with Crippen molar-refractivity contribution in [3.05, 3.63) is 29.5 Å². The smallest absolute Gasteiger partial charge is 0.355 e. The van der Waals surface area contributed by atoms with E-state index in [9.17, 15) is 23.1 Å². The summed E-state index contributed by atoms with van der Waals surface area (Å²) < 4.78 is 40.8. The largest absolute Gasteiger partial charge is 0.506 e. The molecule has 1 aromatic rings. The van der Waals surface area contributed by atoms with Crippen molar-refractivity contribution < 1.29 is 37.3 Å². The number of phenols is 1. The van der Waals surface area contributed by atoms with Crippen molar-refractivity contribution in [2.45, 2.75) is 4.90 Å². The molecular weight excluding hydrogens is 368 g/mol. The first-order chi connectivity index (χ1) is 12.3. The summed E-state index contributed by atoms with van der Waals surface area (Å²) in [5.74, 6) is -2.00. The SMILES string of the molecule is CNS(=O)(=O)c1ccc(O)c(N2COCC(C(=O)OC)=C2C(=O)OC)c1. The fraction of sp³-hybridized carbons (Fsp3) is 0.333. The van der Waals surface area contributed by atoms with Gasteiger partial charge in [-0.1, -0.05) is 0 Å². The molecule has 2 rings (SSSR count). The Hall–Kier alpha value is -2.63. The second kappa shape index (κ2) is 7.72. The van der Waals surface area contributed by atoms with Crippen LogP contribution in [0.25, 0.3) is 0 Å². The lowest BCUT2D eigenvalue weighted by atomic mass is 10.1. The Kier molecular flexibility index (Phi) is 5.85. The molecule has 0 spiro atoms. The minimum atomic E-state index is -3.81. The molecular formula is C15H18N2O8S. The van der Waals surface area contributed by atoms with E-state index in [-0.39, 0.29) is 40.9 Å². The van der Waals surface area contributed by atoms with Gasteiger partial charge in [-0.25, -0.2) is 22.7 Å². The first-order valence-corrected chi connectivity index (χ1v) is 8.76. The molecule has 2 N–H and O–H groups in total. The molecule has 1 aliphatic heterocycles. The van der Waals surface area contributed by atoms with Gasteiger partial charge in [0.1, 0.15) is 18.2 Å². The molecule has 11 heteroatoms. The van der Waals surface area contributed by atoms with Gasteiger partial charge < -0.3 is 24.2 Å². The average Bonchev–Trinajstić information content (AvgIpc) is 2.66. The van der Waals surface area contributed by atoms with E-state index >= 15 is 0 Å². The second-order valence-corrected chi connectivity index (χ2v) is 6.96. The van der Waals surface area contributed by atoms with Crippen molar-refractivity contribution in [1.82, 2.24) is 4.72 Å². The number of phenolic OH excluding ortho intramolecular Hbond substituents is 1. The Bertz CT molecular complexity index is 862. The maximum atomic E-state index is 12.2. The third-order valence-corrected chi connectivity index (χ3v) is 5.06. The van der Waals surface area contributed by atoms with Crippen molar-refractivity contribution in [1.29, 1.82) is 0 Å². The lowest BCUT2D eigenvalue weighted by Crippen LogP contribution is -2.39. The number of nitrogens with one attached hydrogen (secondary N) is 1. The normalized spacial score (nSPS) is 15.0. The van der Waals surface area contributed by atoms with Crippen LogP contribution in [0, 0.1) is 0 Å². The van der Waals surface area contributed by atoms with Gasteiger partial charge in [-0.3, -0.25) is 0 Å². The zero-order valence-corrected chi connectivity index (χ0v) is 15.1. The van der Waals surface area contributed by atoms with Crippen LogP contribution in [0.4, 0.5) is 5.69 Å². The van der Waals surface area contributed by atoms with Crippen molar-refractivity contribution in [2.75, 3.05) is 39.5 Å². The zero-order chi connectivity index (χ0) is 19.5. The number of carbonyl (C=O) groups excluding carboxylic acids is 2. The molecule has 10 nitrogen and oxygen atoms in total. The van der Waals surface area contributed by atoms with E-state index in [0.29, 0.717) is 0 Å². The number of benzene rings is 1. The summed E-state index contributed by atoms with van der Waals surface area (Å²) in [5.41, 5.74) is -0.380. The Morgan fingerprint density at radius 2 is 1.88 bits per heavy atom. The molecule has 0 aromatic heterocycles. The van der Waals surface area contributed by atoms with E-state index in [4.69, 9.17) is 9.47 Å². The van der Waals surface area contributed by atoms with Crippen molar-refractivity contribution in [2.24, 2.45) is 0 Å². The molecule has 1 aromatic carbocycles. The highest BCUT2D eigenvalue weighted by Crippen LogP contribution is 2.35. The van der Waals surface area contributed by atoms with Gasteiger partial charge in [0, 0.05) is 0 Å².